The predicted molar refractivity (Wildman–Crippen MR) is 116 cm³/mol. The molecule has 18 heteroatoms. The zero-order valence-corrected chi connectivity index (χ0v) is 25.3. The van der Waals surface area contributed by atoms with Crippen molar-refractivity contribution in [3.8, 4) is 5.75 Å². The van der Waals surface area contributed by atoms with Crippen molar-refractivity contribution >= 4 is 60.1 Å². The fourth-order valence-electron chi connectivity index (χ4n) is 2.81. The van der Waals surface area contributed by atoms with Crippen molar-refractivity contribution < 1.29 is 104 Å². The fourth-order valence-corrected chi connectivity index (χ4v) is 4.74. The molecule has 13 nitrogen and oxygen atoms in total. The molecule has 36 heavy (non-hydrogen) atoms. The number of hydrogen-bond donors (Lipinski definition) is 2. The van der Waals surface area contributed by atoms with E-state index >= 15 is 0 Å². The molecule has 0 spiro atoms. The van der Waals surface area contributed by atoms with Gasteiger partial charge in [-0.25, -0.2) is 16.8 Å². The van der Waals surface area contributed by atoms with Gasteiger partial charge in [0, 0.05) is 4.90 Å². The van der Waals surface area contributed by atoms with Crippen LogP contribution in [0.5, 0.6) is 5.75 Å². The largest absolute Gasteiger partial charge is 1.00 e. The van der Waals surface area contributed by atoms with Crippen molar-refractivity contribution in [1.29, 1.82) is 0 Å². The molecule has 182 valence electrons. The minimum atomic E-state index is -4.99. The van der Waals surface area contributed by atoms with E-state index in [1.54, 1.807) is 12.1 Å². The van der Waals surface area contributed by atoms with Crippen molar-refractivity contribution in [3.05, 3.63) is 48.5 Å². The number of aromatic hydroxyl groups is 1. The number of rotatable bonds is 10. The van der Waals surface area contributed by atoms with E-state index in [2.05, 4.69) is 23.8 Å². The van der Waals surface area contributed by atoms with Crippen LogP contribution in [0.3, 0.4) is 0 Å². The van der Waals surface area contributed by atoms with Crippen molar-refractivity contribution in [2.24, 2.45) is 10.2 Å². The van der Waals surface area contributed by atoms with Gasteiger partial charge in [0.2, 0.25) is 10.4 Å². The zero-order valence-electron chi connectivity index (χ0n) is 18.9. The van der Waals surface area contributed by atoms with Gasteiger partial charge in [0.05, 0.1) is 46.1 Å². The summed E-state index contributed by atoms with van der Waals surface area (Å²) in [7, 11) is -8.91. The van der Waals surface area contributed by atoms with Crippen LogP contribution in [0.1, 0.15) is 0 Å². The summed E-state index contributed by atoms with van der Waals surface area (Å²) >= 11 is 0.597. The number of sulfone groups is 1. The molecule has 0 saturated heterocycles. The smallest absolute Gasteiger partial charge is 0.726 e. The van der Waals surface area contributed by atoms with Gasteiger partial charge < -0.3 is 20.7 Å². The molecule has 0 amide bonds. The molecular weight excluding hydrogens is 560 g/mol. The first-order chi connectivity index (χ1) is 16.0. The summed E-state index contributed by atoms with van der Waals surface area (Å²) in [6.07, 6.45) is 0. The molecular formula is C18H15N3Na2O10S3. The molecule has 0 bridgehead atoms. The Hall–Kier alpha value is -0.830. The van der Waals surface area contributed by atoms with Gasteiger partial charge in [0.25, 0.3) is 0 Å². The van der Waals surface area contributed by atoms with E-state index in [9.17, 15) is 31.8 Å². The van der Waals surface area contributed by atoms with E-state index in [0.29, 0.717) is 22.3 Å². The van der Waals surface area contributed by atoms with E-state index in [1.165, 1.54) is 36.4 Å². The van der Waals surface area contributed by atoms with Crippen LogP contribution in [-0.4, -0.2) is 38.9 Å². The SMILES string of the molecule is Nc1ccc2cc(SOO[O-])cc(O)c2c1N=Nc1ccc(S(=O)(=O)CCOS(=O)(=O)[O-])cc1.[Na+].[Na+]. The van der Waals surface area contributed by atoms with Crippen LogP contribution in [0.4, 0.5) is 17.1 Å². The van der Waals surface area contributed by atoms with Crippen molar-refractivity contribution in [1.82, 2.24) is 0 Å². The summed E-state index contributed by atoms with van der Waals surface area (Å²) in [5.74, 6) is -0.924. The van der Waals surface area contributed by atoms with Crippen molar-refractivity contribution in [2.45, 2.75) is 9.79 Å². The minimum Gasteiger partial charge on any atom is -0.726 e. The molecule has 0 heterocycles. The van der Waals surface area contributed by atoms with Gasteiger partial charge in [-0.15, -0.1) is 5.11 Å². The Bertz CT molecular complexity index is 1440. The van der Waals surface area contributed by atoms with Gasteiger partial charge in [-0.2, -0.15) is 9.45 Å². The molecule has 0 radical (unpaired) electrons. The molecule has 3 rings (SSSR count). The molecule has 0 aliphatic rings. The number of nitrogens with two attached hydrogens (primary N) is 1. The number of nitrogens with zero attached hydrogens (tertiary/aromatic N) is 2. The summed E-state index contributed by atoms with van der Waals surface area (Å²) in [6, 6.07) is 11.2. The fraction of sp³-hybridized carbons (Fsp3) is 0.111. The third kappa shape index (κ3) is 9.17. The number of hydrogen-bond acceptors (Lipinski definition) is 14. The number of azo groups is 1. The minimum absolute atomic E-state index is 0. The molecule has 3 aromatic rings. The maximum absolute atomic E-state index is 12.2. The van der Waals surface area contributed by atoms with E-state index < -0.39 is 32.6 Å². The van der Waals surface area contributed by atoms with Gasteiger partial charge in [0.1, 0.15) is 11.4 Å². The van der Waals surface area contributed by atoms with Crippen LogP contribution in [0.25, 0.3) is 10.8 Å². The van der Waals surface area contributed by atoms with Gasteiger partial charge in [-0.05, 0) is 47.9 Å². The second kappa shape index (κ2) is 14.4. The van der Waals surface area contributed by atoms with E-state index in [4.69, 9.17) is 5.73 Å². The number of fused-ring (bicyclic) bond motifs is 1. The van der Waals surface area contributed by atoms with E-state index in [-0.39, 0.29) is 92.2 Å². The monoisotopic (exact) mass is 575 g/mol. The van der Waals surface area contributed by atoms with Gasteiger partial charge >= 0.3 is 59.1 Å². The summed E-state index contributed by atoms with van der Waals surface area (Å²) in [4.78, 5) is 0.235. The first-order valence-corrected chi connectivity index (χ1v) is 12.8. The van der Waals surface area contributed by atoms with Crippen LogP contribution in [-0.2, 0) is 33.8 Å². The summed E-state index contributed by atoms with van der Waals surface area (Å²) < 4.78 is 63.9. The molecule has 3 aromatic carbocycles. The molecule has 0 aromatic heterocycles. The average Bonchev–Trinajstić information content (AvgIpc) is 2.76. The zero-order chi connectivity index (χ0) is 24.9. The van der Waals surface area contributed by atoms with E-state index in [0.717, 1.165) is 0 Å². The maximum Gasteiger partial charge on any atom is 1.00 e. The second-order valence-corrected chi connectivity index (χ2v) is 10.4. The second-order valence-electron chi connectivity index (χ2n) is 6.51. The number of benzene rings is 3. The van der Waals surface area contributed by atoms with Crippen LogP contribution in [0, 0.1) is 0 Å². The standard InChI is InChI=1S/C18H17N3O10S3.2Na/c19-15-6-1-11-9-13(32-31-30-23)10-16(22)17(11)18(15)21-20-12-2-4-14(5-3-12)33(24,25)8-7-29-34(26,27)28;;/h1-6,9-10,22-23H,7-8,19H2,(H,26,27,28);;/q;2*+1/p-2. The topological polar surface area (TPSA) is 213 Å². The number of phenols is 1. The molecule has 0 atom stereocenters. The van der Waals surface area contributed by atoms with Crippen LogP contribution < -0.4 is 70.1 Å². The number of phenolic OH excluding ortho intramolecular Hbond substituents is 1. The van der Waals surface area contributed by atoms with E-state index in [1.807, 2.05) is 0 Å². The van der Waals surface area contributed by atoms with Gasteiger partial charge in [-0.3, -0.25) is 9.22 Å². The summed E-state index contributed by atoms with van der Waals surface area (Å²) in [5, 5.41) is 32.6. The Morgan fingerprint density at radius 1 is 1.00 bits per heavy atom. The predicted octanol–water partition coefficient (Wildman–Crippen LogP) is -3.97. The third-order valence-corrected chi connectivity index (χ3v) is 6.97. The molecule has 0 aliphatic carbocycles. The first kappa shape index (κ1) is 33.2. The Morgan fingerprint density at radius 3 is 2.28 bits per heavy atom. The summed E-state index contributed by atoms with van der Waals surface area (Å²) in [6.45, 7) is -0.810. The third-order valence-electron chi connectivity index (χ3n) is 4.27. The van der Waals surface area contributed by atoms with Gasteiger partial charge in [-0.1, -0.05) is 6.07 Å². The molecule has 0 unspecified atom stereocenters. The van der Waals surface area contributed by atoms with Gasteiger partial charge in [0.15, 0.2) is 9.84 Å². The first-order valence-electron chi connectivity index (χ1n) is 9.03. The number of nitrogen functional groups attached to an aromatic ring is 1. The Labute approximate surface area is 254 Å². The normalized spacial score (nSPS) is 11.8. The van der Waals surface area contributed by atoms with Crippen LogP contribution >= 0.6 is 12.0 Å². The Kier molecular flexibility index (Phi) is 13.2. The maximum atomic E-state index is 12.2. The quantitative estimate of drug-likeness (QED) is 0.0346. The molecule has 0 saturated carbocycles. The Morgan fingerprint density at radius 2 is 1.67 bits per heavy atom. The van der Waals surface area contributed by atoms with Crippen molar-refractivity contribution in [2.75, 3.05) is 18.1 Å². The van der Waals surface area contributed by atoms with Crippen molar-refractivity contribution in [3.63, 3.8) is 0 Å². The molecule has 0 aliphatic heterocycles. The summed E-state index contributed by atoms with van der Waals surface area (Å²) in [5.41, 5.74) is 6.60. The van der Waals surface area contributed by atoms with Crippen LogP contribution in [0.15, 0.2) is 68.6 Å². The molecule has 0 fully saturated rings. The number of anilines is 1. The average molecular weight is 576 g/mol. The molecule has 3 N–H and O–H groups in total. The van der Waals surface area contributed by atoms with Crippen LogP contribution in [0.2, 0.25) is 0 Å². The Balaban J connectivity index is 0.00000324.